The molecule has 3 aliphatic heterocycles. The number of esters is 1. The van der Waals surface area contributed by atoms with Gasteiger partial charge in [-0.3, -0.25) is 10.1 Å². The summed E-state index contributed by atoms with van der Waals surface area (Å²) in [7, 11) is -0.171. The van der Waals surface area contributed by atoms with Gasteiger partial charge < -0.3 is 14.3 Å². The van der Waals surface area contributed by atoms with Crippen LogP contribution in [0.4, 0.5) is 5.13 Å². The van der Waals surface area contributed by atoms with Crippen molar-refractivity contribution in [3.8, 4) is 0 Å². The van der Waals surface area contributed by atoms with Crippen LogP contribution in [-0.4, -0.2) is 58.7 Å². The number of anilines is 1. The van der Waals surface area contributed by atoms with Crippen molar-refractivity contribution in [3.63, 3.8) is 0 Å². The molecule has 1 aromatic heterocycles. The van der Waals surface area contributed by atoms with Crippen molar-refractivity contribution in [1.82, 2.24) is 4.98 Å². The van der Waals surface area contributed by atoms with Crippen molar-refractivity contribution in [2.45, 2.75) is 24.5 Å². The molecule has 3 aromatic rings. The van der Waals surface area contributed by atoms with Gasteiger partial charge in [0.15, 0.2) is 18.0 Å². The molecular formula is C27H31N3O4S+2. The van der Waals surface area contributed by atoms with E-state index < -0.39 is 11.6 Å². The summed E-state index contributed by atoms with van der Waals surface area (Å²) in [5.74, 6) is -0.484. The van der Waals surface area contributed by atoms with Crippen molar-refractivity contribution in [1.29, 1.82) is 0 Å². The van der Waals surface area contributed by atoms with Crippen molar-refractivity contribution in [2.24, 2.45) is 12.2 Å². The second-order valence-corrected chi connectivity index (χ2v) is 11.5. The number of aliphatic hydroxyl groups is 1. The highest BCUT2D eigenvalue weighted by molar-refractivity contribution is 7.31. The highest BCUT2D eigenvalue weighted by atomic mass is 32.2. The first kappa shape index (κ1) is 23.7. The third kappa shape index (κ3) is 4.61. The molecule has 35 heavy (non-hydrogen) atoms. The Kier molecular flexibility index (Phi) is 6.44. The molecule has 7 nitrogen and oxygen atoms in total. The normalized spacial score (nSPS) is 24.1. The number of aromatic nitrogens is 1. The zero-order valence-corrected chi connectivity index (χ0v) is 20.6. The zero-order chi connectivity index (χ0) is 24.5. The van der Waals surface area contributed by atoms with Gasteiger partial charge in [-0.25, -0.2) is 4.79 Å². The molecule has 4 heterocycles. The molecule has 1 amide bonds. The number of nitrogens with one attached hydrogen (secondary N) is 1. The number of fused-ring (bicyclic) bond motifs is 3. The Bertz CT molecular complexity index is 1150. The Hall–Kier alpha value is -3.07. The highest BCUT2D eigenvalue weighted by Crippen LogP contribution is 2.38. The number of benzene rings is 2. The second-order valence-electron chi connectivity index (χ2n) is 9.68. The van der Waals surface area contributed by atoms with E-state index >= 15 is 0 Å². The first-order valence-electron chi connectivity index (χ1n) is 12.0. The van der Waals surface area contributed by atoms with Gasteiger partial charge in [-0.1, -0.05) is 60.7 Å². The summed E-state index contributed by atoms with van der Waals surface area (Å²) < 4.78 is 6.68. The Morgan fingerprint density at radius 1 is 1.09 bits per heavy atom. The van der Waals surface area contributed by atoms with Crippen LogP contribution in [0.2, 0.25) is 0 Å². The molecule has 0 radical (unpaired) electrons. The summed E-state index contributed by atoms with van der Waals surface area (Å²) in [6.07, 6.45) is 5.19. The van der Waals surface area contributed by atoms with Crippen LogP contribution in [0.5, 0.6) is 0 Å². The van der Waals surface area contributed by atoms with Crippen LogP contribution in [0.15, 0.2) is 72.2 Å². The summed E-state index contributed by atoms with van der Waals surface area (Å²) in [5, 5.41) is 17.4. The van der Waals surface area contributed by atoms with E-state index in [2.05, 4.69) is 10.3 Å². The fourth-order valence-corrected chi connectivity index (χ4v) is 6.35. The largest absolute Gasteiger partial charge is 0.453 e. The number of quaternary nitrogens is 1. The lowest BCUT2D eigenvalue weighted by molar-refractivity contribution is -0.939. The molecule has 8 heteroatoms. The van der Waals surface area contributed by atoms with E-state index in [1.165, 1.54) is 0 Å². The predicted octanol–water partition coefficient (Wildman–Crippen LogP) is 3.39. The van der Waals surface area contributed by atoms with Crippen molar-refractivity contribution < 1.29 is 23.9 Å². The first-order chi connectivity index (χ1) is 16.9. The first-order valence-corrected chi connectivity index (χ1v) is 13.7. The van der Waals surface area contributed by atoms with Gasteiger partial charge in [-0.15, -0.1) is 0 Å². The molecule has 3 fully saturated rings. The molecule has 6 rings (SSSR count). The fourth-order valence-electron chi connectivity index (χ4n) is 5.47. The minimum atomic E-state index is -1.90. The van der Waals surface area contributed by atoms with Gasteiger partial charge in [0.25, 0.3) is 5.91 Å². The van der Waals surface area contributed by atoms with Gasteiger partial charge >= 0.3 is 11.1 Å². The van der Waals surface area contributed by atoms with Gasteiger partial charge in [-0.05, 0) is 11.1 Å². The molecule has 0 aliphatic carbocycles. The molecule has 2 bridgehead atoms. The molecular weight excluding hydrogens is 462 g/mol. The quantitative estimate of drug-likeness (QED) is 0.299. The number of thiazole rings is 1. The highest BCUT2D eigenvalue weighted by Gasteiger charge is 2.51. The van der Waals surface area contributed by atoms with Crippen LogP contribution < -0.4 is 5.32 Å². The summed E-state index contributed by atoms with van der Waals surface area (Å²) in [5.41, 5.74) is -0.954. The van der Waals surface area contributed by atoms with E-state index in [1.54, 1.807) is 54.7 Å². The van der Waals surface area contributed by atoms with Gasteiger partial charge in [0.1, 0.15) is 12.8 Å². The Balaban J connectivity index is 1.34. The smallest absolute Gasteiger partial charge is 0.348 e. The van der Waals surface area contributed by atoms with Crippen molar-refractivity contribution in [3.05, 3.63) is 83.4 Å². The maximum absolute atomic E-state index is 13.6. The average molecular weight is 494 g/mol. The lowest BCUT2D eigenvalue weighted by Crippen LogP contribution is -2.66. The van der Waals surface area contributed by atoms with Crippen LogP contribution in [0, 0.1) is 5.92 Å². The van der Waals surface area contributed by atoms with E-state index in [0.29, 0.717) is 33.8 Å². The molecule has 0 spiro atoms. The van der Waals surface area contributed by atoms with Gasteiger partial charge in [0.2, 0.25) is 5.60 Å². The number of amides is 1. The topological polar surface area (TPSA) is 88.5 Å². The number of rotatable bonds is 7. The molecule has 2 N–H and O–H groups in total. The Morgan fingerprint density at radius 3 is 2.23 bits per heavy atom. The Morgan fingerprint density at radius 2 is 1.69 bits per heavy atom. The number of ether oxygens (including phenoxy) is 1. The molecule has 1 unspecified atom stereocenters. The van der Waals surface area contributed by atoms with E-state index in [4.69, 9.17) is 4.74 Å². The number of aryl methyl sites for hydroxylation is 1. The van der Waals surface area contributed by atoms with Crippen molar-refractivity contribution >= 4 is 27.5 Å². The summed E-state index contributed by atoms with van der Waals surface area (Å²) in [4.78, 5) is 30.8. The lowest BCUT2D eigenvalue weighted by Gasteiger charge is -2.51. The van der Waals surface area contributed by atoms with Crippen molar-refractivity contribution in [2.75, 3.05) is 31.5 Å². The maximum Gasteiger partial charge on any atom is 0.348 e. The lowest BCUT2D eigenvalue weighted by atomic mass is 9.82. The van der Waals surface area contributed by atoms with E-state index in [9.17, 15) is 14.7 Å². The summed E-state index contributed by atoms with van der Waals surface area (Å²) in [6, 6.07) is 17.9. The minimum absolute atomic E-state index is 0.0534. The number of hydrogen-bond acceptors (Lipinski definition) is 5. The van der Waals surface area contributed by atoms with Crippen LogP contribution in [0.1, 0.15) is 24.0 Å². The molecule has 2 aromatic carbocycles. The number of carbonyl (C=O) groups excluding carboxylic acids is 2. The van der Waals surface area contributed by atoms with Crippen LogP contribution in [0.3, 0.4) is 0 Å². The molecule has 2 atom stereocenters. The zero-order valence-electron chi connectivity index (χ0n) is 19.8. The second kappa shape index (κ2) is 9.53. The SMILES string of the molecule is C[s+]1ccnc1NC(=O)C[N+]12CCC(CC1)[C@@H](OC(=O)C(O)(c1ccccc1)c1ccccc1)C2. The van der Waals surface area contributed by atoms with Gasteiger partial charge in [0.05, 0.1) is 19.3 Å². The molecule has 3 aliphatic rings. The predicted molar refractivity (Wildman–Crippen MR) is 135 cm³/mol. The van der Waals surface area contributed by atoms with E-state index in [0.717, 1.165) is 25.9 Å². The fraction of sp³-hybridized carbons (Fsp3) is 0.370. The third-order valence-electron chi connectivity index (χ3n) is 7.47. The van der Waals surface area contributed by atoms with Crippen LogP contribution >= 0.6 is 10.5 Å². The summed E-state index contributed by atoms with van der Waals surface area (Å²) >= 11 is 0. The van der Waals surface area contributed by atoms with Crippen LogP contribution in [-0.2, 0) is 26.2 Å². The number of piperidine rings is 3. The third-order valence-corrected chi connectivity index (χ3v) is 8.81. The maximum atomic E-state index is 13.6. The number of nitrogens with zero attached hydrogens (tertiary/aromatic N) is 2. The van der Waals surface area contributed by atoms with Crippen LogP contribution in [0.25, 0.3) is 0 Å². The monoisotopic (exact) mass is 493 g/mol. The molecule has 182 valence electrons. The van der Waals surface area contributed by atoms with Gasteiger partial charge in [0, 0.05) is 29.2 Å². The van der Waals surface area contributed by atoms with E-state index in [-0.39, 0.29) is 28.4 Å². The Labute approximate surface area is 207 Å². The standard InChI is InChI=1S/C27H30N3O4S/c1-35-17-14-28-26(35)29-24(31)19-30-15-12-20(13-16-30)23(18-30)34-25(32)27(33,21-8-4-2-5-9-21)22-10-6-3-7-11-22/h2-11,14,17,20,23,33H,12-13,15-16,18-19H2,1H3/q+1/p+1/t20?,23-,30?,35?/m0/s1. The number of carbonyl (C=O) groups is 2. The van der Waals surface area contributed by atoms with Gasteiger partial charge in [-0.2, -0.15) is 4.98 Å². The summed E-state index contributed by atoms with van der Waals surface area (Å²) in [6.45, 7) is 2.68. The average Bonchev–Trinajstić information content (AvgIpc) is 3.28. The molecule has 0 saturated carbocycles. The minimum Gasteiger partial charge on any atom is -0.453 e. The molecule has 3 saturated heterocycles. The van der Waals surface area contributed by atoms with E-state index in [1.807, 2.05) is 23.8 Å². The number of hydrogen-bond donors (Lipinski definition) is 2.